The average Bonchev–Trinajstić information content (AvgIpc) is 3.27. The van der Waals surface area contributed by atoms with Crippen molar-refractivity contribution in [3.05, 3.63) is 79.9 Å². The van der Waals surface area contributed by atoms with E-state index in [1.165, 1.54) is 4.90 Å². The Labute approximate surface area is 210 Å². The number of halogens is 1. The summed E-state index contributed by atoms with van der Waals surface area (Å²) < 4.78 is 14.1. The van der Waals surface area contributed by atoms with Crippen LogP contribution in [0.3, 0.4) is 0 Å². The lowest BCUT2D eigenvalue weighted by atomic mass is 10.2. The number of rotatable bonds is 5. The monoisotopic (exact) mass is 541 g/mol. The molecule has 1 aliphatic rings. The summed E-state index contributed by atoms with van der Waals surface area (Å²) in [6.45, 7) is 5.78. The van der Waals surface area contributed by atoms with Crippen molar-refractivity contribution < 1.29 is 9.64 Å². The molecule has 176 valence electrons. The molecular weight excluding hydrogens is 516 g/mol. The summed E-state index contributed by atoms with van der Waals surface area (Å²) in [6, 6.07) is 17.5. The summed E-state index contributed by atoms with van der Waals surface area (Å²) >= 11 is 9.60. The van der Waals surface area contributed by atoms with Crippen molar-refractivity contribution in [2.75, 3.05) is 26.3 Å². The van der Waals surface area contributed by atoms with E-state index >= 15 is 0 Å². The zero-order valence-corrected chi connectivity index (χ0v) is 21.5. The Hall–Kier alpha value is -2.79. The Bertz CT molecular complexity index is 1450. The topological polar surface area (TPSA) is 63.4 Å². The Morgan fingerprint density at radius 2 is 1.76 bits per heavy atom. The van der Waals surface area contributed by atoms with Gasteiger partial charge in [0.15, 0.2) is 12.5 Å². The largest absolute Gasteiger partial charge is 0.370 e. The van der Waals surface area contributed by atoms with Gasteiger partial charge in [0.05, 0.1) is 24.6 Å². The highest BCUT2D eigenvalue weighted by Gasteiger charge is 2.26. The second-order valence-electron chi connectivity index (χ2n) is 8.35. The van der Waals surface area contributed by atoms with Crippen LogP contribution in [0.15, 0.2) is 63.9 Å². The summed E-state index contributed by atoms with van der Waals surface area (Å²) in [5.41, 5.74) is 2.83. The number of hydrogen-bond acceptors (Lipinski definition) is 4. The number of hydrogen-bond donors (Lipinski definition) is 1. The molecule has 1 N–H and O–H groups in total. The minimum atomic E-state index is -0.145. The normalized spacial score (nSPS) is 14.6. The molecule has 1 aliphatic heterocycles. The first kappa shape index (κ1) is 23.0. The van der Waals surface area contributed by atoms with E-state index in [1.54, 1.807) is 4.68 Å². The van der Waals surface area contributed by atoms with Crippen LogP contribution in [-0.2, 0) is 18.5 Å². The first-order valence-electron chi connectivity index (χ1n) is 11.2. The van der Waals surface area contributed by atoms with Gasteiger partial charge in [0.1, 0.15) is 18.8 Å². The van der Waals surface area contributed by atoms with Crippen molar-refractivity contribution in [1.82, 2.24) is 23.7 Å². The van der Waals surface area contributed by atoms with Gasteiger partial charge in [0.25, 0.3) is 5.56 Å². The zero-order chi connectivity index (χ0) is 23.8. The Morgan fingerprint density at radius 1 is 1.09 bits per heavy atom. The van der Waals surface area contributed by atoms with Crippen LogP contribution in [0, 0.1) is 11.7 Å². The number of ether oxygens (including phenoxy) is 1. The van der Waals surface area contributed by atoms with Crippen molar-refractivity contribution in [3.63, 3.8) is 0 Å². The molecule has 34 heavy (non-hydrogen) atoms. The molecule has 0 atom stereocenters. The van der Waals surface area contributed by atoms with Crippen LogP contribution in [0.2, 0.25) is 0 Å². The van der Waals surface area contributed by atoms with E-state index in [0.717, 1.165) is 47.7 Å². The lowest BCUT2D eigenvalue weighted by Gasteiger charge is -2.23. The van der Waals surface area contributed by atoms with E-state index in [-0.39, 0.29) is 5.56 Å². The number of aromatic nitrogens is 5. The van der Waals surface area contributed by atoms with Crippen molar-refractivity contribution >= 4 is 28.1 Å². The van der Waals surface area contributed by atoms with Gasteiger partial charge < -0.3 is 9.64 Å². The summed E-state index contributed by atoms with van der Waals surface area (Å²) in [7, 11) is 1.89. The van der Waals surface area contributed by atoms with Gasteiger partial charge in [-0.05, 0) is 37.3 Å². The number of benzene rings is 2. The molecule has 4 aromatic rings. The number of nitrogens with zero attached hydrogens (tertiary/aromatic N) is 5. The third kappa shape index (κ3) is 4.00. The maximum Gasteiger partial charge on any atom is 0.296 e. The standard InChI is InChI=1S/C24H25BrN6O2S/c1-17-21(23(32)31(27(17)2)18-8-4-3-5-9-18)30-22(19-10-6-7-11-20(19)25)26-29(24(30)34)16-28-12-14-33-15-13-28/h3-11H,12-16H2,1-2H3/p+1. The van der Waals surface area contributed by atoms with Crippen molar-refractivity contribution in [2.24, 2.45) is 7.05 Å². The molecule has 0 spiro atoms. The molecule has 0 radical (unpaired) electrons. The Balaban J connectivity index is 1.74. The highest BCUT2D eigenvalue weighted by molar-refractivity contribution is 9.10. The van der Waals surface area contributed by atoms with Gasteiger partial charge in [-0.1, -0.05) is 52.3 Å². The molecule has 5 rings (SSSR count). The van der Waals surface area contributed by atoms with Gasteiger partial charge in [-0.2, -0.15) is 4.68 Å². The van der Waals surface area contributed by atoms with Crippen molar-refractivity contribution in [2.45, 2.75) is 13.6 Å². The van der Waals surface area contributed by atoms with E-state index in [4.69, 9.17) is 22.1 Å². The molecule has 0 unspecified atom stereocenters. The van der Waals surface area contributed by atoms with E-state index in [9.17, 15) is 4.79 Å². The van der Waals surface area contributed by atoms with Crippen LogP contribution in [0.5, 0.6) is 0 Å². The van der Waals surface area contributed by atoms with Gasteiger partial charge in [-0.15, -0.1) is 5.10 Å². The second kappa shape index (κ2) is 9.46. The van der Waals surface area contributed by atoms with E-state index in [2.05, 4.69) is 15.9 Å². The lowest BCUT2D eigenvalue weighted by molar-refractivity contribution is -0.930. The molecule has 3 heterocycles. The van der Waals surface area contributed by atoms with Gasteiger partial charge in [-0.25, -0.2) is 4.68 Å². The predicted octanol–water partition coefficient (Wildman–Crippen LogP) is 2.50. The predicted molar refractivity (Wildman–Crippen MR) is 136 cm³/mol. The van der Waals surface area contributed by atoms with Crippen LogP contribution in [0.4, 0.5) is 0 Å². The van der Waals surface area contributed by atoms with E-state index < -0.39 is 0 Å². The molecule has 8 nitrogen and oxygen atoms in total. The number of quaternary nitrogens is 1. The molecule has 10 heteroatoms. The minimum Gasteiger partial charge on any atom is -0.370 e. The maximum atomic E-state index is 13.8. The van der Waals surface area contributed by atoms with Gasteiger partial charge in [0.2, 0.25) is 4.77 Å². The van der Waals surface area contributed by atoms with Crippen LogP contribution >= 0.6 is 28.1 Å². The number of para-hydroxylation sites is 1. The summed E-state index contributed by atoms with van der Waals surface area (Å²) in [5, 5.41) is 4.93. The molecule has 0 saturated carbocycles. The second-order valence-corrected chi connectivity index (χ2v) is 9.57. The zero-order valence-electron chi connectivity index (χ0n) is 19.1. The first-order chi connectivity index (χ1) is 16.5. The molecule has 0 amide bonds. The van der Waals surface area contributed by atoms with Gasteiger partial charge in [0, 0.05) is 17.1 Å². The molecule has 1 saturated heterocycles. The molecule has 0 bridgehead atoms. The summed E-state index contributed by atoms with van der Waals surface area (Å²) in [4.78, 5) is 15.2. The Kier molecular flexibility index (Phi) is 6.39. The summed E-state index contributed by atoms with van der Waals surface area (Å²) in [6.07, 6.45) is 0. The maximum absolute atomic E-state index is 13.8. The number of morpholine rings is 1. The van der Waals surface area contributed by atoms with Gasteiger partial charge in [-0.3, -0.25) is 14.0 Å². The van der Waals surface area contributed by atoms with Crippen LogP contribution in [0.25, 0.3) is 22.8 Å². The molecule has 2 aromatic heterocycles. The molecule has 1 fully saturated rings. The van der Waals surface area contributed by atoms with Gasteiger partial charge >= 0.3 is 0 Å². The van der Waals surface area contributed by atoms with Crippen molar-refractivity contribution in [3.8, 4) is 22.8 Å². The quantitative estimate of drug-likeness (QED) is 0.394. The average molecular weight is 542 g/mol. The van der Waals surface area contributed by atoms with E-state index in [0.29, 0.717) is 23.0 Å². The summed E-state index contributed by atoms with van der Waals surface area (Å²) in [5.74, 6) is 0.635. The fourth-order valence-electron chi connectivity index (χ4n) is 4.37. The Morgan fingerprint density at radius 3 is 2.47 bits per heavy atom. The fraction of sp³-hybridized carbons (Fsp3) is 0.292. The highest BCUT2D eigenvalue weighted by atomic mass is 79.9. The van der Waals surface area contributed by atoms with Crippen LogP contribution in [0.1, 0.15) is 5.69 Å². The molecule has 2 aromatic carbocycles. The minimum absolute atomic E-state index is 0.145. The third-order valence-electron chi connectivity index (χ3n) is 6.27. The molecular formula is C24H26BrN6O2S+. The molecule has 0 aliphatic carbocycles. The third-order valence-corrected chi connectivity index (χ3v) is 7.36. The number of nitrogens with one attached hydrogen (secondary N) is 1. The van der Waals surface area contributed by atoms with Crippen LogP contribution in [-0.4, -0.2) is 50.0 Å². The smallest absolute Gasteiger partial charge is 0.296 e. The van der Waals surface area contributed by atoms with Crippen molar-refractivity contribution in [1.29, 1.82) is 0 Å². The van der Waals surface area contributed by atoms with E-state index in [1.807, 2.05) is 82.5 Å². The highest BCUT2D eigenvalue weighted by Crippen LogP contribution is 2.29. The SMILES string of the molecule is Cc1c(-n2c(-c3ccccc3Br)nn(C[NH+]3CCOCC3)c2=S)c(=O)n(-c2ccccc2)n1C. The lowest BCUT2D eigenvalue weighted by Crippen LogP contribution is -3.13. The first-order valence-corrected chi connectivity index (χ1v) is 12.4. The fourth-order valence-corrected chi connectivity index (χ4v) is 5.12. The van der Waals surface area contributed by atoms with Crippen LogP contribution < -0.4 is 10.5 Å².